The molecule has 0 bridgehead atoms. The molecular weight excluding hydrogens is 249 g/mol. The van der Waals surface area contributed by atoms with Crippen molar-refractivity contribution in [2.75, 3.05) is 0 Å². The van der Waals surface area contributed by atoms with Gasteiger partial charge in [0.15, 0.2) is 0 Å². The van der Waals surface area contributed by atoms with E-state index in [0.29, 0.717) is 14.5 Å². The molecule has 0 aliphatic heterocycles. The van der Waals surface area contributed by atoms with Crippen LogP contribution in [0.2, 0.25) is 0 Å². The van der Waals surface area contributed by atoms with Crippen LogP contribution >= 0.6 is 0 Å². The van der Waals surface area contributed by atoms with Gasteiger partial charge in [-0.1, -0.05) is 0 Å². The Hall–Kier alpha value is -1.37. The van der Waals surface area contributed by atoms with Crippen molar-refractivity contribution in [3.8, 4) is 10.1 Å². The third-order valence-electron chi connectivity index (χ3n) is 2.31. The normalized spacial score (nSPS) is 10.7. The van der Waals surface area contributed by atoms with Crippen LogP contribution in [0.4, 0.5) is 0 Å². The van der Waals surface area contributed by atoms with E-state index >= 15 is 0 Å². The Morgan fingerprint density at radius 1 is 0.800 bits per heavy atom. The van der Waals surface area contributed by atoms with Crippen LogP contribution in [0.25, 0.3) is 19.9 Å². The number of hydrogen-bond acceptors (Lipinski definition) is 1. The van der Waals surface area contributed by atoms with Crippen molar-refractivity contribution in [2.24, 2.45) is 0 Å². The quantitative estimate of drug-likeness (QED) is 0.611. The van der Waals surface area contributed by atoms with Crippen molar-refractivity contribution in [1.82, 2.24) is 4.98 Å². The van der Waals surface area contributed by atoms with E-state index in [1.807, 2.05) is 12.1 Å². The Morgan fingerprint density at radius 2 is 1.53 bits per heavy atom. The van der Waals surface area contributed by atoms with Crippen molar-refractivity contribution < 1.29 is 0 Å². The van der Waals surface area contributed by atoms with E-state index in [9.17, 15) is 0 Å². The van der Waals surface area contributed by atoms with E-state index < -0.39 is 0 Å². The second kappa shape index (κ2) is 3.65. The maximum absolute atomic E-state index is 4.67. The molecule has 1 aromatic heterocycles. The summed E-state index contributed by atoms with van der Waals surface area (Å²) in [5.41, 5.74) is 2.41. The Bertz CT molecular complexity index is 551. The summed E-state index contributed by atoms with van der Waals surface area (Å²) in [5.74, 6) is 0. The van der Waals surface area contributed by atoms with Crippen molar-refractivity contribution in [3.63, 3.8) is 0 Å². The van der Waals surface area contributed by atoms with E-state index in [1.54, 1.807) is 0 Å². The molecule has 2 heteroatoms. The Morgan fingerprint density at radius 3 is 2.33 bits per heavy atom. The first-order chi connectivity index (χ1) is 7.43. The topological polar surface area (TPSA) is 12.9 Å². The summed E-state index contributed by atoms with van der Waals surface area (Å²) in [7, 11) is 0. The van der Waals surface area contributed by atoms with Gasteiger partial charge in [0.05, 0.1) is 0 Å². The predicted octanol–water partition coefficient (Wildman–Crippen LogP) is 2.96. The predicted molar refractivity (Wildman–Crippen MR) is 64.1 cm³/mol. The molecule has 3 rings (SSSR count). The van der Waals surface area contributed by atoms with E-state index in [0.717, 1.165) is 5.52 Å². The summed E-state index contributed by atoms with van der Waals surface area (Å²) >= 11 is 0.373. The van der Waals surface area contributed by atoms with E-state index in [1.165, 1.54) is 14.4 Å². The summed E-state index contributed by atoms with van der Waals surface area (Å²) in [5, 5.41) is 0. The molecule has 0 atom stereocenters. The zero-order chi connectivity index (χ0) is 10.1. The van der Waals surface area contributed by atoms with Crippen LogP contribution in [0.3, 0.4) is 0 Å². The summed E-state index contributed by atoms with van der Waals surface area (Å²) < 4.78 is 2.63. The van der Waals surface area contributed by atoms with Crippen molar-refractivity contribution in [2.45, 2.75) is 0 Å². The molecule has 1 heterocycles. The first-order valence-electron chi connectivity index (χ1n) is 4.84. The number of para-hydroxylation sites is 1. The molecule has 0 aliphatic carbocycles. The van der Waals surface area contributed by atoms with E-state index in [4.69, 9.17) is 0 Å². The van der Waals surface area contributed by atoms with Gasteiger partial charge in [0.1, 0.15) is 0 Å². The Kier molecular flexibility index (Phi) is 2.17. The molecule has 0 amide bonds. The summed E-state index contributed by atoms with van der Waals surface area (Å²) in [6.45, 7) is 0. The number of fused-ring (bicyclic) bond motifs is 1. The molecule has 0 saturated carbocycles. The van der Waals surface area contributed by atoms with Gasteiger partial charge in [-0.25, -0.2) is 0 Å². The van der Waals surface area contributed by atoms with E-state index in [2.05, 4.69) is 47.4 Å². The number of benzene rings is 2. The van der Waals surface area contributed by atoms with E-state index in [-0.39, 0.29) is 0 Å². The van der Waals surface area contributed by atoms with Crippen LogP contribution in [-0.2, 0) is 0 Å². The molecule has 15 heavy (non-hydrogen) atoms. The standard InChI is InChI=1S/C13H9NSe/c1-2-6-10(7-3-1)13-14-11-8-4-5-9-12(11)15-13/h1-9H. The first kappa shape index (κ1) is 8.90. The van der Waals surface area contributed by atoms with Gasteiger partial charge in [0.2, 0.25) is 0 Å². The van der Waals surface area contributed by atoms with Crippen LogP contribution in [0.1, 0.15) is 0 Å². The van der Waals surface area contributed by atoms with Gasteiger partial charge in [-0.3, -0.25) is 0 Å². The monoisotopic (exact) mass is 259 g/mol. The maximum atomic E-state index is 4.67. The molecule has 1 nitrogen and oxygen atoms in total. The van der Waals surface area contributed by atoms with Crippen molar-refractivity contribution >= 4 is 24.3 Å². The average molecular weight is 258 g/mol. The molecule has 0 radical (unpaired) electrons. The van der Waals surface area contributed by atoms with Crippen LogP contribution in [-0.4, -0.2) is 19.5 Å². The third-order valence-corrected chi connectivity index (χ3v) is 4.59. The Labute approximate surface area is 94.1 Å². The zero-order valence-corrected chi connectivity index (χ0v) is 9.76. The SMILES string of the molecule is c1ccc(-c2nc3ccccc3[se]2)cc1. The van der Waals surface area contributed by atoms with Crippen molar-refractivity contribution in [3.05, 3.63) is 54.6 Å². The number of nitrogens with zero attached hydrogens (tertiary/aromatic N) is 1. The summed E-state index contributed by atoms with van der Waals surface area (Å²) in [6, 6.07) is 18.8. The first-order valence-corrected chi connectivity index (χ1v) is 6.56. The molecule has 3 aromatic rings. The number of aromatic nitrogens is 1. The van der Waals surface area contributed by atoms with Gasteiger partial charge in [-0.2, -0.15) is 0 Å². The fraction of sp³-hybridized carbons (Fsp3) is 0. The third kappa shape index (κ3) is 1.63. The molecule has 0 aliphatic rings. The second-order valence-electron chi connectivity index (χ2n) is 3.35. The fourth-order valence-electron chi connectivity index (χ4n) is 1.58. The van der Waals surface area contributed by atoms with Gasteiger partial charge < -0.3 is 0 Å². The molecular formula is C13H9NSe. The van der Waals surface area contributed by atoms with Crippen LogP contribution in [0.15, 0.2) is 54.6 Å². The van der Waals surface area contributed by atoms with Gasteiger partial charge in [0.25, 0.3) is 0 Å². The Balaban J connectivity index is 2.21. The molecule has 72 valence electrons. The second-order valence-corrected chi connectivity index (χ2v) is 5.52. The summed E-state index contributed by atoms with van der Waals surface area (Å²) in [4.78, 5) is 4.67. The molecule has 2 aromatic carbocycles. The van der Waals surface area contributed by atoms with Crippen LogP contribution < -0.4 is 0 Å². The minimum atomic E-state index is 0.373. The fourth-order valence-corrected chi connectivity index (χ4v) is 3.61. The average Bonchev–Trinajstić information content (AvgIpc) is 2.74. The number of rotatable bonds is 1. The van der Waals surface area contributed by atoms with Gasteiger partial charge >= 0.3 is 94.0 Å². The van der Waals surface area contributed by atoms with Crippen LogP contribution in [0, 0.1) is 0 Å². The van der Waals surface area contributed by atoms with Crippen molar-refractivity contribution in [1.29, 1.82) is 0 Å². The molecule has 0 fully saturated rings. The minimum absolute atomic E-state index is 0.373. The molecule has 0 spiro atoms. The number of hydrogen-bond donors (Lipinski definition) is 0. The summed E-state index contributed by atoms with van der Waals surface area (Å²) in [6.07, 6.45) is 0. The molecule has 0 N–H and O–H groups in total. The van der Waals surface area contributed by atoms with Gasteiger partial charge in [0, 0.05) is 0 Å². The van der Waals surface area contributed by atoms with Gasteiger partial charge in [-0.15, -0.1) is 0 Å². The molecule has 0 unspecified atom stereocenters. The molecule has 0 saturated heterocycles. The van der Waals surface area contributed by atoms with Crippen LogP contribution in [0.5, 0.6) is 0 Å². The van der Waals surface area contributed by atoms with Gasteiger partial charge in [-0.05, 0) is 0 Å². The zero-order valence-electron chi connectivity index (χ0n) is 8.05.